The topological polar surface area (TPSA) is 72.8 Å². The van der Waals surface area contributed by atoms with Gasteiger partial charge in [0.2, 0.25) is 6.29 Å². The predicted molar refractivity (Wildman–Crippen MR) is 34.9 cm³/mol. The molecule has 0 amide bonds. The first-order valence-corrected chi connectivity index (χ1v) is 3.11. The maximum Gasteiger partial charge on any atom is 0.371 e. The van der Waals surface area contributed by atoms with E-state index in [1.165, 1.54) is 0 Å². The number of aliphatic hydroxyl groups excluding tert-OH is 1. The quantitative estimate of drug-likeness (QED) is 0.228. The van der Waals surface area contributed by atoms with Crippen LogP contribution >= 0.6 is 0 Å². The van der Waals surface area contributed by atoms with Crippen LogP contribution < -0.4 is 0 Å². The molecule has 5 nitrogen and oxygen atoms in total. The Morgan fingerprint density at radius 2 is 2.09 bits per heavy atom. The van der Waals surface area contributed by atoms with Crippen LogP contribution in [0.2, 0.25) is 0 Å². The van der Waals surface area contributed by atoms with Crippen LogP contribution in [-0.4, -0.2) is 43.8 Å². The van der Waals surface area contributed by atoms with E-state index in [0.717, 1.165) is 0 Å². The predicted octanol–water partition coefficient (Wildman–Crippen LogP) is -1.26. The summed E-state index contributed by atoms with van der Waals surface area (Å²) in [4.78, 5) is 19.8. The van der Waals surface area contributed by atoms with Crippen LogP contribution in [0.25, 0.3) is 0 Å². The van der Waals surface area contributed by atoms with Gasteiger partial charge in [0.25, 0.3) is 0 Å². The molecule has 0 aliphatic carbocycles. The second-order valence-corrected chi connectivity index (χ2v) is 1.62. The number of ether oxygens (including phenoxy) is 2. The molecule has 0 aromatic rings. The molecule has 1 N–H and O–H groups in total. The number of hydrogen-bond acceptors (Lipinski definition) is 5. The fraction of sp³-hybridized carbons (Fsp3) is 0.667. The van der Waals surface area contributed by atoms with Gasteiger partial charge in [0.05, 0.1) is 19.8 Å². The molecular weight excluding hydrogens is 152 g/mol. The third-order valence-corrected chi connectivity index (χ3v) is 0.804. The van der Waals surface area contributed by atoms with Gasteiger partial charge >= 0.3 is 5.97 Å². The summed E-state index contributed by atoms with van der Waals surface area (Å²) in [6, 6.07) is 0. The molecule has 0 unspecified atom stereocenters. The molecule has 0 bridgehead atoms. The Morgan fingerprint density at radius 1 is 1.36 bits per heavy atom. The van der Waals surface area contributed by atoms with E-state index in [4.69, 9.17) is 9.84 Å². The minimum Gasteiger partial charge on any atom is -0.458 e. The molecular formula is C6H10O5. The standard InChI is InChI=1S/C6H10O5/c7-1-2-10-3-4-11-6(9)5-8/h5,7H,1-4H2. The zero-order chi connectivity index (χ0) is 8.53. The van der Waals surface area contributed by atoms with E-state index >= 15 is 0 Å². The summed E-state index contributed by atoms with van der Waals surface area (Å²) in [6.07, 6.45) is 0.0893. The number of aliphatic hydroxyl groups is 1. The monoisotopic (exact) mass is 162 g/mol. The number of esters is 1. The van der Waals surface area contributed by atoms with Gasteiger partial charge in [-0.1, -0.05) is 0 Å². The van der Waals surface area contributed by atoms with Crippen molar-refractivity contribution >= 4 is 12.3 Å². The maximum absolute atomic E-state index is 10.1. The minimum absolute atomic E-state index is 0.0393. The van der Waals surface area contributed by atoms with E-state index < -0.39 is 5.97 Å². The maximum atomic E-state index is 10.1. The summed E-state index contributed by atoms with van der Waals surface area (Å²) in [6.45, 7) is 0.373. The van der Waals surface area contributed by atoms with Crippen molar-refractivity contribution < 1.29 is 24.2 Å². The molecule has 0 aliphatic heterocycles. The summed E-state index contributed by atoms with van der Waals surface area (Å²) < 4.78 is 9.06. The first-order chi connectivity index (χ1) is 5.31. The number of aldehydes is 1. The van der Waals surface area contributed by atoms with E-state index in [9.17, 15) is 9.59 Å². The first-order valence-electron chi connectivity index (χ1n) is 3.11. The van der Waals surface area contributed by atoms with Crippen molar-refractivity contribution in [2.75, 3.05) is 26.4 Å². The fourth-order valence-electron chi connectivity index (χ4n) is 0.402. The molecule has 64 valence electrons. The van der Waals surface area contributed by atoms with Gasteiger partial charge in [0.1, 0.15) is 6.61 Å². The van der Waals surface area contributed by atoms with E-state index in [0.29, 0.717) is 0 Å². The van der Waals surface area contributed by atoms with Gasteiger partial charge in [-0.25, -0.2) is 4.79 Å². The van der Waals surface area contributed by atoms with Crippen LogP contribution in [0.1, 0.15) is 0 Å². The Labute approximate surface area is 63.9 Å². The van der Waals surface area contributed by atoms with Gasteiger partial charge in [-0.3, -0.25) is 4.79 Å². The smallest absolute Gasteiger partial charge is 0.371 e. The van der Waals surface area contributed by atoms with Crippen molar-refractivity contribution in [3.63, 3.8) is 0 Å². The summed E-state index contributed by atoms with van der Waals surface area (Å²) in [5, 5.41) is 8.23. The molecule has 5 heteroatoms. The molecule has 0 heterocycles. The van der Waals surface area contributed by atoms with E-state index in [2.05, 4.69) is 4.74 Å². The van der Waals surface area contributed by atoms with Gasteiger partial charge in [0.15, 0.2) is 0 Å². The highest BCUT2D eigenvalue weighted by Gasteiger charge is 1.96. The molecule has 0 atom stereocenters. The van der Waals surface area contributed by atoms with Crippen molar-refractivity contribution in [3.8, 4) is 0 Å². The van der Waals surface area contributed by atoms with Crippen molar-refractivity contribution in [1.29, 1.82) is 0 Å². The van der Waals surface area contributed by atoms with Crippen LogP contribution in [0.15, 0.2) is 0 Å². The average molecular weight is 162 g/mol. The second kappa shape index (κ2) is 7.17. The lowest BCUT2D eigenvalue weighted by atomic mass is 10.7. The fourth-order valence-corrected chi connectivity index (χ4v) is 0.402. The number of hydrogen-bond donors (Lipinski definition) is 1. The highest BCUT2D eigenvalue weighted by Crippen LogP contribution is 1.77. The molecule has 0 fully saturated rings. The van der Waals surface area contributed by atoms with Crippen LogP contribution in [0.3, 0.4) is 0 Å². The molecule has 0 saturated heterocycles. The molecule has 0 radical (unpaired) electrons. The lowest BCUT2D eigenvalue weighted by Gasteiger charge is -2.00. The van der Waals surface area contributed by atoms with Crippen molar-refractivity contribution in [3.05, 3.63) is 0 Å². The molecule has 0 aromatic carbocycles. The Bertz CT molecular complexity index is 122. The summed E-state index contributed by atoms with van der Waals surface area (Å²) in [7, 11) is 0. The Hall–Kier alpha value is -0.940. The van der Waals surface area contributed by atoms with Crippen LogP contribution in [0.4, 0.5) is 0 Å². The lowest BCUT2D eigenvalue weighted by molar-refractivity contribution is -0.149. The molecule has 0 aromatic heterocycles. The molecule has 11 heavy (non-hydrogen) atoms. The summed E-state index contributed by atoms with van der Waals surface area (Å²) in [5.41, 5.74) is 0. The number of carbonyl (C=O) groups is 2. The van der Waals surface area contributed by atoms with Crippen LogP contribution in [-0.2, 0) is 19.1 Å². The van der Waals surface area contributed by atoms with Crippen LogP contribution in [0, 0.1) is 0 Å². The van der Waals surface area contributed by atoms with Crippen molar-refractivity contribution in [2.24, 2.45) is 0 Å². The normalized spacial score (nSPS) is 9.18. The summed E-state index contributed by atoms with van der Waals surface area (Å²) >= 11 is 0. The highest BCUT2D eigenvalue weighted by atomic mass is 16.6. The molecule has 0 rings (SSSR count). The minimum atomic E-state index is -0.905. The highest BCUT2D eigenvalue weighted by molar-refractivity contribution is 6.20. The summed E-state index contributed by atoms with van der Waals surface area (Å²) in [5.74, 6) is -0.905. The lowest BCUT2D eigenvalue weighted by Crippen LogP contribution is -2.12. The average Bonchev–Trinajstić information content (AvgIpc) is 2.04. The molecule has 0 saturated carbocycles. The van der Waals surface area contributed by atoms with Crippen LogP contribution in [0.5, 0.6) is 0 Å². The Kier molecular flexibility index (Phi) is 6.56. The third-order valence-electron chi connectivity index (χ3n) is 0.804. The number of rotatable bonds is 6. The Morgan fingerprint density at radius 3 is 2.64 bits per heavy atom. The van der Waals surface area contributed by atoms with Gasteiger partial charge < -0.3 is 14.6 Å². The largest absolute Gasteiger partial charge is 0.458 e. The zero-order valence-electron chi connectivity index (χ0n) is 5.99. The van der Waals surface area contributed by atoms with Gasteiger partial charge in [-0.15, -0.1) is 0 Å². The van der Waals surface area contributed by atoms with Crippen molar-refractivity contribution in [1.82, 2.24) is 0 Å². The van der Waals surface area contributed by atoms with E-state index in [-0.39, 0.29) is 32.7 Å². The Balaban J connectivity index is 3.01. The zero-order valence-corrected chi connectivity index (χ0v) is 5.99. The molecule has 0 aliphatic rings. The first kappa shape index (κ1) is 10.1. The van der Waals surface area contributed by atoms with Gasteiger partial charge in [0, 0.05) is 0 Å². The third kappa shape index (κ3) is 6.95. The van der Waals surface area contributed by atoms with Gasteiger partial charge in [-0.05, 0) is 0 Å². The molecule has 0 spiro atoms. The second-order valence-electron chi connectivity index (χ2n) is 1.62. The van der Waals surface area contributed by atoms with Gasteiger partial charge in [-0.2, -0.15) is 0 Å². The SMILES string of the molecule is O=CC(=O)OCCOCCO. The van der Waals surface area contributed by atoms with E-state index in [1.54, 1.807) is 0 Å². The van der Waals surface area contributed by atoms with Crippen molar-refractivity contribution in [2.45, 2.75) is 0 Å². The number of carbonyl (C=O) groups excluding carboxylic acids is 2. The van der Waals surface area contributed by atoms with E-state index in [1.807, 2.05) is 0 Å².